The smallest absolute Gasteiger partial charge is 0.323 e. The summed E-state index contributed by atoms with van der Waals surface area (Å²) in [6, 6.07) is 15.6. The summed E-state index contributed by atoms with van der Waals surface area (Å²) >= 11 is 0. The van der Waals surface area contributed by atoms with Crippen LogP contribution in [-0.2, 0) is 6.42 Å². The number of aromatic amines is 3. The zero-order valence-corrected chi connectivity index (χ0v) is 16.5. The lowest BCUT2D eigenvalue weighted by molar-refractivity contribution is 0.0705. The highest BCUT2D eigenvalue weighted by Crippen LogP contribution is 2.30. The topological polar surface area (TPSA) is 97.6 Å². The molecule has 152 valence electrons. The monoisotopic (exact) mass is 401 g/mol. The molecule has 1 atom stereocenters. The SMILES string of the molecule is O=C(c1ccc2[nH]c(=O)[nH]c2c1)N1CCC[C@@H](c2[nH]ncc2Cc2ccccc2)C1. The quantitative estimate of drug-likeness (QED) is 0.490. The maximum atomic E-state index is 13.1. The van der Waals surface area contributed by atoms with E-state index in [9.17, 15) is 9.59 Å². The number of imidazole rings is 1. The Kier molecular flexibility index (Phi) is 4.71. The molecule has 2 aromatic carbocycles. The van der Waals surface area contributed by atoms with Crippen molar-refractivity contribution in [3.63, 3.8) is 0 Å². The highest BCUT2D eigenvalue weighted by Gasteiger charge is 2.28. The standard InChI is InChI=1S/C23H23N5O2/c29-22(16-8-9-19-20(12-16)26-23(30)25-19)28-10-4-7-17(14-28)21-18(13-24-27-21)11-15-5-2-1-3-6-15/h1-3,5-6,8-9,12-13,17H,4,7,10-11,14H2,(H,24,27)(H2,25,26,30)/t17-/m1/s1. The molecule has 0 radical (unpaired) electrons. The molecule has 0 unspecified atom stereocenters. The number of rotatable bonds is 4. The van der Waals surface area contributed by atoms with Crippen molar-refractivity contribution in [1.29, 1.82) is 0 Å². The van der Waals surface area contributed by atoms with Crippen LogP contribution in [0.1, 0.15) is 45.9 Å². The van der Waals surface area contributed by atoms with Crippen molar-refractivity contribution in [2.75, 3.05) is 13.1 Å². The van der Waals surface area contributed by atoms with Gasteiger partial charge in [0.25, 0.3) is 5.91 Å². The molecule has 3 N–H and O–H groups in total. The Morgan fingerprint density at radius 3 is 2.80 bits per heavy atom. The Balaban J connectivity index is 1.35. The fourth-order valence-corrected chi connectivity index (χ4v) is 4.38. The van der Waals surface area contributed by atoms with Gasteiger partial charge in [-0.3, -0.25) is 9.89 Å². The molecule has 2 aromatic heterocycles. The summed E-state index contributed by atoms with van der Waals surface area (Å²) in [6.45, 7) is 1.39. The van der Waals surface area contributed by atoms with Crippen molar-refractivity contribution < 1.29 is 4.79 Å². The molecule has 3 heterocycles. The van der Waals surface area contributed by atoms with Gasteiger partial charge >= 0.3 is 5.69 Å². The molecule has 0 bridgehead atoms. The number of hydrogen-bond acceptors (Lipinski definition) is 3. The van der Waals surface area contributed by atoms with Gasteiger partial charge in [-0.15, -0.1) is 0 Å². The Labute approximate surface area is 173 Å². The number of H-pyrrole nitrogens is 3. The van der Waals surface area contributed by atoms with Gasteiger partial charge in [0.05, 0.1) is 17.2 Å². The molecule has 0 spiro atoms. The van der Waals surface area contributed by atoms with Crippen LogP contribution in [0.2, 0.25) is 0 Å². The summed E-state index contributed by atoms with van der Waals surface area (Å²) in [4.78, 5) is 32.0. The molecule has 1 aliphatic rings. The van der Waals surface area contributed by atoms with E-state index >= 15 is 0 Å². The van der Waals surface area contributed by atoms with Gasteiger partial charge < -0.3 is 14.9 Å². The summed E-state index contributed by atoms with van der Waals surface area (Å²) in [5, 5.41) is 7.48. The van der Waals surface area contributed by atoms with Gasteiger partial charge in [-0.1, -0.05) is 30.3 Å². The van der Waals surface area contributed by atoms with Gasteiger partial charge in [0.15, 0.2) is 0 Å². The maximum absolute atomic E-state index is 13.1. The van der Waals surface area contributed by atoms with E-state index in [0.717, 1.165) is 31.5 Å². The fourth-order valence-electron chi connectivity index (χ4n) is 4.38. The average molecular weight is 401 g/mol. The highest BCUT2D eigenvalue weighted by molar-refractivity contribution is 5.97. The Bertz CT molecular complexity index is 1240. The van der Waals surface area contributed by atoms with E-state index in [4.69, 9.17) is 0 Å². The van der Waals surface area contributed by atoms with Crippen molar-refractivity contribution >= 4 is 16.9 Å². The van der Waals surface area contributed by atoms with Crippen LogP contribution in [0.15, 0.2) is 59.5 Å². The first-order valence-electron chi connectivity index (χ1n) is 10.2. The van der Waals surface area contributed by atoms with E-state index in [0.29, 0.717) is 23.1 Å². The predicted molar refractivity (Wildman–Crippen MR) is 115 cm³/mol. The minimum Gasteiger partial charge on any atom is -0.338 e. The van der Waals surface area contributed by atoms with Crippen LogP contribution in [0, 0.1) is 0 Å². The molecule has 1 aliphatic heterocycles. The Morgan fingerprint density at radius 2 is 1.93 bits per heavy atom. The summed E-state index contributed by atoms with van der Waals surface area (Å²) in [5.74, 6) is 0.229. The highest BCUT2D eigenvalue weighted by atomic mass is 16.2. The molecular weight excluding hydrogens is 378 g/mol. The molecule has 0 saturated carbocycles. The molecule has 1 fully saturated rings. The van der Waals surface area contributed by atoms with Crippen LogP contribution in [0.4, 0.5) is 0 Å². The molecule has 5 rings (SSSR count). The molecule has 1 saturated heterocycles. The normalized spacial score (nSPS) is 16.8. The number of benzene rings is 2. The lowest BCUT2D eigenvalue weighted by atomic mass is 9.90. The minimum absolute atomic E-state index is 0.00669. The summed E-state index contributed by atoms with van der Waals surface area (Å²) < 4.78 is 0. The maximum Gasteiger partial charge on any atom is 0.323 e. The number of fused-ring (bicyclic) bond motifs is 1. The number of piperidine rings is 1. The van der Waals surface area contributed by atoms with E-state index in [1.165, 1.54) is 11.1 Å². The van der Waals surface area contributed by atoms with Gasteiger partial charge in [-0.05, 0) is 42.2 Å². The van der Waals surface area contributed by atoms with Crippen LogP contribution >= 0.6 is 0 Å². The first-order chi connectivity index (χ1) is 14.7. The Hall–Kier alpha value is -3.61. The van der Waals surface area contributed by atoms with Gasteiger partial charge in [0, 0.05) is 36.7 Å². The molecule has 7 nitrogen and oxygen atoms in total. The van der Waals surface area contributed by atoms with Gasteiger partial charge in [0.2, 0.25) is 0 Å². The third-order valence-electron chi connectivity index (χ3n) is 5.87. The first kappa shape index (κ1) is 18.4. The molecule has 30 heavy (non-hydrogen) atoms. The third-order valence-corrected chi connectivity index (χ3v) is 5.87. The third kappa shape index (κ3) is 3.54. The zero-order chi connectivity index (χ0) is 20.5. The second-order valence-electron chi connectivity index (χ2n) is 7.90. The first-order valence-corrected chi connectivity index (χ1v) is 10.2. The predicted octanol–water partition coefficient (Wildman–Crippen LogP) is 3.19. The van der Waals surface area contributed by atoms with E-state index in [1.54, 1.807) is 18.2 Å². The minimum atomic E-state index is -0.266. The number of carbonyl (C=O) groups excluding carboxylic acids is 1. The van der Waals surface area contributed by atoms with E-state index in [2.05, 4.69) is 32.3 Å². The number of likely N-dealkylation sites (tertiary alicyclic amines) is 1. The molecule has 0 aliphatic carbocycles. The van der Waals surface area contributed by atoms with Gasteiger partial charge in [0.1, 0.15) is 0 Å². The van der Waals surface area contributed by atoms with Gasteiger partial charge in [-0.2, -0.15) is 5.10 Å². The summed E-state index contributed by atoms with van der Waals surface area (Å²) in [7, 11) is 0. The molecule has 4 aromatic rings. The van der Waals surface area contributed by atoms with Crippen molar-refractivity contribution in [2.45, 2.75) is 25.2 Å². The van der Waals surface area contributed by atoms with Crippen LogP contribution in [0.3, 0.4) is 0 Å². The van der Waals surface area contributed by atoms with Crippen LogP contribution in [-0.4, -0.2) is 44.1 Å². The van der Waals surface area contributed by atoms with Crippen LogP contribution < -0.4 is 5.69 Å². The zero-order valence-electron chi connectivity index (χ0n) is 16.5. The van der Waals surface area contributed by atoms with E-state index in [1.807, 2.05) is 29.3 Å². The van der Waals surface area contributed by atoms with E-state index in [-0.39, 0.29) is 17.5 Å². The summed E-state index contributed by atoms with van der Waals surface area (Å²) in [6.07, 6.45) is 4.70. The second kappa shape index (κ2) is 7.67. The number of nitrogens with one attached hydrogen (secondary N) is 3. The lowest BCUT2D eigenvalue weighted by Crippen LogP contribution is -2.39. The molecule has 7 heteroatoms. The van der Waals surface area contributed by atoms with Crippen molar-refractivity contribution in [1.82, 2.24) is 25.1 Å². The number of hydrogen-bond donors (Lipinski definition) is 3. The summed E-state index contributed by atoms with van der Waals surface area (Å²) in [5.41, 5.74) is 5.24. The number of amides is 1. The Morgan fingerprint density at radius 1 is 1.10 bits per heavy atom. The van der Waals surface area contributed by atoms with Gasteiger partial charge in [-0.25, -0.2) is 4.79 Å². The second-order valence-corrected chi connectivity index (χ2v) is 7.90. The number of carbonyl (C=O) groups is 1. The lowest BCUT2D eigenvalue weighted by Gasteiger charge is -2.33. The number of aromatic nitrogens is 4. The van der Waals surface area contributed by atoms with Crippen molar-refractivity contribution in [3.8, 4) is 0 Å². The average Bonchev–Trinajstić information content (AvgIpc) is 3.38. The molecule has 1 amide bonds. The fraction of sp³-hybridized carbons (Fsp3) is 0.261. The van der Waals surface area contributed by atoms with Crippen LogP contribution in [0.5, 0.6) is 0 Å². The largest absolute Gasteiger partial charge is 0.338 e. The van der Waals surface area contributed by atoms with Crippen LogP contribution in [0.25, 0.3) is 11.0 Å². The molecular formula is C23H23N5O2. The van der Waals surface area contributed by atoms with E-state index < -0.39 is 0 Å². The van der Waals surface area contributed by atoms with Crippen molar-refractivity contribution in [3.05, 3.63) is 87.6 Å². The van der Waals surface area contributed by atoms with Crippen molar-refractivity contribution in [2.24, 2.45) is 0 Å². The number of nitrogens with zero attached hydrogens (tertiary/aromatic N) is 2.